The Balaban J connectivity index is 0.00000162. The van der Waals surface area contributed by atoms with E-state index in [1.165, 1.54) is 6.07 Å². The van der Waals surface area contributed by atoms with Crippen molar-refractivity contribution in [2.24, 2.45) is 0 Å². The Labute approximate surface area is 143 Å². The van der Waals surface area contributed by atoms with Gasteiger partial charge in [-0.05, 0) is 12.1 Å². The molecule has 1 aromatic heterocycles. The van der Waals surface area contributed by atoms with E-state index in [-0.39, 0.29) is 61.3 Å². The van der Waals surface area contributed by atoms with E-state index in [0.717, 1.165) is 12.3 Å². The van der Waals surface area contributed by atoms with Crippen molar-refractivity contribution in [3.05, 3.63) is 23.9 Å². The molecule has 0 N–H and O–H groups in total. The number of fused-ring (bicyclic) bond motifs is 1. The first-order valence-corrected chi connectivity index (χ1v) is 5.90. The van der Waals surface area contributed by atoms with Crippen LogP contribution in [0, 0.1) is 0 Å². The van der Waals surface area contributed by atoms with E-state index in [1.807, 2.05) is 0 Å². The zero-order chi connectivity index (χ0) is 12.8. The number of hydrogen-bond donors (Lipinski definition) is 0. The molecule has 1 amide bonds. The van der Waals surface area contributed by atoms with Gasteiger partial charge in [0.05, 0.1) is 5.56 Å². The molecule has 0 saturated heterocycles. The maximum Gasteiger partial charge on any atom is 1.00 e. The minimum atomic E-state index is -5.42. The molecule has 0 aliphatic carbocycles. The van der Waals surface area contributed by atoms with Gasteiger partial charge < -0.3 is 12.9 Å². The summed E-state index contributed by atoms with van der Waals surface area (Å²) in [5, 5.41) is -0.620. The topological polar surface area (TPSA) is 67.3 Å². The average Bonchev–Trinajstić information content (AvgIpc) is 2.39. The molecule has 0 atom stereocenters. The number of amides is 1. The number of sulfonamides is 1. The molecule has 2 heterocycles. The fourth-order valence-electron chi connectivity index (χ4n) is 1.48. The van der Waals surface area contributed by atoms with E-state index in [2.05, 4.69) is 4.98 Å². The van der Waals surface area contributed by atoms with Crippen molar-refractivity contribution in [2.45, 2.75) is 5.03 Å². The normalized spacial score (nSPS) is 17.3. The zero-order valence-corrected chi connectivity index (χ0v) is 13.1. The standard InChI is InChI=1S/C7H5BF3N2O3S.K/c9-8(10,11)4-13-7(14)5-2-1-3-12-6(5)17(13,15)16;/h1-3H,4H2;/q-1;+1. The van der Waals surface area contributed by atoms with Crippen LogP contribution in [0.15, 0.2) is 23.4 Å². The van der Waals surface area contributed by atoms with E-state index < -0.39 is 34.4 Å². The molecule has 11 heteroatoms. The van der Waals surface area contributed by atoms with Gasteiger partial charge in [-0.2, -0.15) is 8.42 Å². The number of rotatable bonds is 2. The SMILES string of the molecule is O=C1c2cccnc2S(=O)(=O)N1C[B-](F)(F)F.[K+]. The van der Waals surface area contributed by atoms with Crippen LogP contribution in [0.2, 0.25) is 0 Å². The molecule has 1 aliphatic heterocycles. The molecule has 0 saturated carbocycles. The predicted octanol–water partition coefficient (Wildman–Crippen LogP) is -2.38. The fraction of sp³-hybridized carbons (Fsp3) is 0.143. The quantitative estimate of drug-likeness (QED) is 0.572. The van der Waals surface area contributed by atoms with Gasteiger partial charge in [-0.1, -0.05) is 0 Å². The summed E-state index contributed by atoms with van der Waals surface area (Å²) >= 11 is 0. The van der Waals surface area contributed by atoms with Crippen LogP contribution >= 0.6 is 0 Å². The summed E-state index contributed by atoms with van der Waals surface area (Å²) in [7, 11) is -4.46. The molecule has 1 aliphatic rings. The summed E-state index contributed by atoms with van der Waals surface area (Å²) in [6.45, 7) is -5.42. The van der Waals surface area contributed by atoms with Crippen LogP contribution in [0.25, 0.3) is 0 Å². The molecular weight excluding hydrogens is 299 g/mol. The van der Waals surface area contributed by atoms with Gasteiger partial charge >= 0.3 is 58.4 Å². The molecule has 0 fully saturated rings. The van der Waals surface area contributed by atoms with Crippen molar-refractivity contribution < 1.29 is 77.5 Å². The van der Waals surface area contributed by atoms with Gasteiger partial charge in [0.2, 0.25) is 0 Å². The second kappa shape index (κ2) is 5.21. The van der Waals surface area contributed by atoms with Crippen molar-refractivity contribution in [2.75, 3.05) is 6.44 Å². The van der Waals surface area contributed by atoms with Gasteiger partial charge in [0.1, 0.15) is 0 Å². The molecule has 18 heavy (non-hydrogen) atoms. The minimum absolute atomic E-state index is 0. The number of carbonyl (C=O) groups is 1. The van der Waals surface area contributed by atoms with E-state index in [0.29, 0.717) is 0 Å². The molecular formula is C7H5BF3KN2O3S. The molecule has 0 bridgehead atoms. The third-order valence-corrected chi connectivity index (χ3v) is 3.84. The van der Waals surface area contributed by atoms with E-state index in [1.54, 1.807) is 0 Å². The predicted molar refractivity (Wildman–Crippen MR) is 51.5 cm³/mol. The molecule has 0 spiro atoms. The van der Waals surface area contributed by atoms with Gasteiger partial charge in [0.15, 0.2) is 5.03 Å². The number of aromatic nitrogens is 1. The van der Waals surface area contributed by atoms with Crippen molar-refractivity contribution in [1.29, 1.82) is 0 Å². The van der Waals surface area contributed by atoms with Crippen LogP contribution in [0.5, 0.6) is 0 Å². The summed E-state index contributed by atoms with van der Waals surface area (Å²) in [6, 6.07) is 2.42. The number of nitrogens with zero attached hydrogens (tertiary/aromatic N) is 2. The average molecular weight is 304 g/mol. The van der Waals surface area contributed by atoms with Crippen LogP contribution in [0.4, 0.5) is 12.9 Å². The zero-order valence-electron chi connectivity index (χ0n) is 9.18. The van der Waals surface area contributed by atoms with Crippen LogP contribution < -0.4 is 51.4 Å². The monoisotopic (exact) mass is 304 g/mol. The van der Waals surface area contributed by atoms with Crippen molar-refractivity contribution in [3.8, 4) is 0 Å². The van der Waals surface area contributed by atoms with Crippen molar-refractivity contribution in [3.63, 3.8) is 0 Å². The Morgan fingerprint density at radius 1 is 1.33 bits per heavy atom. The van der Waals surface area contributed by atoms with Gasteiger partial charge in [-0.3, -0.25) is 9.10 Å². The molecule has 5 nitrogen and oxygen atoms in total. The fourth-order valence-corrected chi connectivity index (χ4v) is 2.99. The summed E-state index contributed by atoms with van der Waals surface area (Å²) < 4.78 is 59.8. The summed E-state index contributed by atoms with van der Waals surface area (Å²) in [4.78, 5) is 14.9. The molecule has 0 unspecified atom stereocenters. The number of halogens is 3. The van der Waals surface area contributed by atoms with Crippen LogP contribution in [0.3, 0.4) is 0 Å². The number of pyridine rings is 1. The summed E-state index contributed by atoms with van der Waals surface area (Å²) in [5.41, 5.74) is -0.326. The number of hydrogen-bond acceptors (Lipinski definition) is 4. The molecule has 2 rings (SSSR count). The Kier molecular flexibility index (Phi) is 4.67. The summed E-state index contributed by atoms with van der Waals surface area (Å²) in [5.74, 6) is -1.19. The maximum atomic E-state index is 12.2. The van der Waals surface area contributed by atoms with Crippen LogP contribution in [0.1, 0.15) is 10.4 Å². The van der Waals surface area contributed by atoms with E-state index in [4.69, 9.17) is 0 Å². The van der Waals surface area contributed by atoms with E-state index in [9.17, 15) is 26.2 Å². The Morgan fingerprint density at radius 2 is 1.94 bits per heavy atom. The largest absolute Gasteiger partial charge is 1.00 e. The number of carbonyl (C=O) groups excluding carboxylic acids is 1. The molecule has 1 aromatic rings. The third kappa shape index (κ3) is 2.80. The Morgan fingerprint density at radius 3 is 2.44 bits per heavy atom. The summed E-state index contributed by atoms with van der Waals surface area (Å²) in [6.07, 6.45) is -0.677. The Hall–Kier alpha value is 0.0613. The molecule has 92 valence electrons. The smallest absolute Gasteiger partial charge is 0.448 e. The second-order valence-corrected chi connectivity index (χ2v) is 5.19. The van der Waals surface area contributed by atoms with Gasteiger partial charge in [0, 0.05) is 12.6 Å². The van der Waals surface area contributed by atoms with Gasteiger partial charge in [-0.15, -0.1) is 0 Å². The van der Waals surface area contributed by atoms with Gasteiger partial charge in [-0.25, -0.2) is 4.98 Å². The molecule has 0 aromatic carbocycles. The minimum Gasteiger partial charge on any atom is -0.448 e. The first kappa shape index (κ1) is 16.1. The van der Waals surface area contributed by atoms with Crippen LogP contribution in [-0.4, -0.2) is 37.0 Å². The third-order valence-electron chi connectivity index (χ3n) is 2.14. The van der Waals surface area contributed by atoms with Crippen LogP contribution in [-0.2, 0) is 10.0 Å². The first-order chi connectivity index (χ1) is 7.73. The second-order valence-electron chi connectivity index (χ2n) is 3.41. The molecule has 0 radical (unpaired) electrons. The van der Waals surface area contributed by atoms with Crippen molar-refractivity contribution >= 4 is 22.9 Å². The Bertz CT molecular complexity index is 592. The maximum absolute atomic E-state index is 12.2. The first-order valence-electron chi connectivity index (χ1n) is 4.46. The van der Waals surface area contributed by atoms with E-state index >= 15 is 0 Å². The van der Waals surface area contributed by atoms with Crippen molar-refractivity contribution in [1.82, 2.24) is 9.29 Å². The van der Waals surface area contributed by atoms with Gasteiger partial charge in [0.25, 0.3) is 15.9 Å².